The zero-order valence-electron chi connectivity index (χ0n) is 24.0. The summed E-state index contributed by atoms with van der Waals surface area (Å²) >= 11 is 0. The van der Waals surface area contributed by atoms with Gasteiger partial charge in [0.1, 0.15) is 0 Å². The van der Waals surface area contributed by atoms with Crippen LogP contribution in [0.4, 0.5) is 0 Å². The second-order valence-corrected chi connectivity index (χ2v) is 13.9. The Morgan fingerprint density at radius 2 is 1.47 bits per heavy atom. The molecule has 8 atom stereocenters. The summed E-state index contributed by atoms with van der Waals surface area (Å²) in [5.41, 5.74) is 1.15. The van der Waals surface area contributed by atoms with Crippen LogP contribution in [0.25, 0.3) is 0 Å². The van der Waals surface area contributed by atoms with Crippen LogP contribution < -0.4 is 0 Å². The molecule has 0 bridgehead atoms. The van der Waals surface area contributed by atoms with Gasteiger partial charge in [0, 0.05) is 12.8 Å². The molecule has 1 heterocycles. The third-order valence-electron chi connectivity index (χ3n) is 11.9. The highest BCUT2D eigenvalue weighted by Crippen LogP contribution is 2.69. The molecule has 6 unspecified atom stereocenters. The highest BCUT2D eigenvalue weighted by Gasteiger charge is 2.62. The normalized spacial score (nSPS) is 43.9. The summed E-state index contributed by atoms with van der Waals surface area (Å²) < 4.78 is 12.6. The van der Waals surface area contributed by atoms with Crippen LogP contribution in [-0.4, -0.2) is 19.0 Å². The van der Waals surface area contributed by atoms with E-state index in [2.05, 4.69) is 34.6 Å². The predicted molar refractivity (Wildman–Crippen MR) is 144 cm³/mol. The quantitative estimate of drug-likeness (QED) is 0.395. The molecule has 4 aliphatic carbocycles. The first-order valence-corrected chi connectivity index (χ1v) is 15.6. The minimum absolute atomic E-state index is 0.220. The van der Waals surface area contributed by atoms with Crippen molar-refractivity contribution in [1.82, 2.24) is 0 Å². The molecule has 198 valence electrons. The highest BCUT2D eigenvalue weighted by atomic mass is 16.7. The van der Waals surface area contributed by atoms with Gasteiger partial charge < -0.3 is 9.47 Å². The van der Waals surface area contributed by atoms with Crippen molar-refractivity contribution >= 4 is 0 Å². The first-order chi connectivity index (χ1) is 16.3. The molecule has 1 aliphatic heterocycles. The lowest BCUT2D eigenvalue weighted by atomic mass is 9.44. The summed E-state index contributed by atoms with van der Waals surface area (Å²) in [4.78, 5) is 0. The first-order valence-electron chi connectivity index (χ1n) is 15.6. The van der Waals surface area contributed by atoms with E-state index in [0.717, 1.165) is 67.5 Å². The topological polar surface area (TPSA) is 18.5 Å². The van der Waals surface area contributed by atoms with Crippen LogP contribution in [0.15, 0.2) is 0 Å². The molecule has 5 rings (SSSR count). The maximum atomic E-state index is 6.29. The molecule has 0 aromatic heterocycles. The molecule has 2 nitrogen and oxygen atoms in total. The second kappa shape index (κ2) is 10.7. The van der Waals surface area contributed by atoms with Crippen LogP contribution in [0.5, 0.6) is 0 Å². The van der Waals surface area contributed by atoms with E-state index in [1.807, 2.05) is 13.8 Å². The molecular weight excluding hydrogens is 416 g/mol. The van der Waals surface area contributed by atoms with E-state index in [9.17, 15) is 0 Å². The third-order valence-corrected chi connectivity index (χ3v) is 11.9. The average molecular weight is 475 g/mol. The number of rotatable bonds is 5. The molecule has 0 aromatic rings. The summed E-state index contributed by atoms with van der Waals surface area (Å²) in [6.07, 6.45) is 18.0. The summed E-state index contributed by atoms with van der Waals surface area (Å²) in [7, 11) is 0. The molecule has 4 saturated carbocycles. The predicted octanol–water partition coefficient (Wildman–Crippen LogP) is 9.27. The Kier molecular flexibility index (Phi) is 8.51. The third kappa shape index (κ3) is 4.78. The van der Waals surface area contributed by atoms with Crippen molar-refractivity contribution in [3.63, 3.8) is 0 Å². The summed E-state index contributed by atoms with van der Waals surface area (Å²) in [6, 6.07) is 0. The van der Waals surface area contributed by atoms with Crippen molar-refractivity contribution < 1.29 is 9.47 Å². The van der Waals surface area contributed by atoms with E-state index in [-0.39, 0.29) is 5.79 Å². The van der Waals surface area contributed by atoms with Crippen LogP contribution in [0.2, 0.25) is 0 Å². The van der Waals surface area contributed by atoms with Crippen LogP contribution in [0.1, 0.15) is 132 Å². The van der Waals surface area contributed by atoms with E-state index in [4.69, 9.17) is 9.47 Å². The summed E-state index contributed by atoms with van der Waals surface area (Å²) in [5, 5.41) is 0. The Morgan fingerprint density at radius 1 is 0.765 bits per heavy atom. The lowest BCUT2D eigenvalue weighted by Gasteiger charge is -2.62. The van der Waals surface area contributed by atoms with Crippen molar-refractivity contribution in [2.45, 2.75) is 138 Å². The average Bonchev–Trinajstić information content (AvgIpc) is 3.19. The highest BCUT2D eigenvalue weighted by molar-refractivity contribution is 5.10. The fourth-order valence-corrected chi connectivity index (χ4v) is 10.1. The standard InChI is InChI=1S/C30H52O2.C2H6/c1-21(2)8-6-9-22(3)25-12-13-26-24-11-10-23-20-30(31-18-7-19-32-30)17-16-28(23,4)27(24)14-15-29(25,26)5;1-2/h21-27H,6-20H2,1-5H3;1-2H3/t22-,23?,24?,25?,26?,27?,28+,29?;/m1./s1. The van der Waals surface area contributed by atoms with Gasteiger partial charge in [-0.05, 0) is 104 Å². The van der Waals surface area contributed by atoms with Gasteiger partial charge in [-0.2, -0.15) is 0 Å². The van der Waals surface area contributed by atoms with Gasteiger partial charge in [-0.1, -0.05) is 67.7 Å². The lowest BCUT2D eigenvalue weighted by Crippen LogP contribution is -2.57. The minimum Gasteiger partial charge on any atom is -0.350 e. The van der Waals surface area contributed by atoms with Gasteiger partial charge in [0.15, 0.2) is 5.79 Å². The Hall–Kier alpha value is -0.0800. The molecule has 0 aromatic carbocycles. The summed E-state index contributed by atoms with van der Waals surface area (Å²) in [5.74, 6) is 6.29. The van der Waals surface area contributed by atoms with Crippen LogP contribution in [0, 0.1) is 52.3 Å². The van der Waals surface area contributed by atoms with E-state index in [0.29, 0.717) is 10.8 Å². The van der Waals surface area contributed by atoms with Crippen LogP contribution in [-0.2, 0) is 9.47 Å². The first kappa shape index (κ1) is 27.0. The molecule has 34 heavy (non-hydrogen) atoms. The van der Waals surface area contributed by atoms with Crippen molar-refractivity contribution in [2.24, 2.45) is 52.3 Å². The number of ether oxygens (including phenoxy) is 2. The lowest BCUT2D eigenvalue weighted by molar-refractivity contribution is -0.305. The van der Waals surface area contributed by atoms with Gasteiger partial charge in [-0.3, -0.25) is 0 Å². The maximum Gasteiger partial charge on any atom is 0.168 e. The fraction of sp³-hybridized carbons (Fsp3) is 1.00. The van der Waals surface area contributed by atoms with E-state index in [1.165, 1.54) is 70.6 Å². The monoisotopic (exact) mass is 474 g/mol. The largest absolute Gasteiger partial charge is 0.350 e. The molecule has 1 saturated heterocycles. The zero-order valence-corrected chi connectivity index (χ0v) is 24.0. The molecule has 5 aliphatic rings. The SMILES string of the molecule is CC.CC(C)CCC[C@@H](C)C1CCC2C3CCC4CC5(CC[C@]4(C)C3CCC21C)OCCCO5. The molecule has 1 spiro atoms. The molecule has 0 N–H and O–H groups in total. The van der Waals surface area contributed by atoms with Crippen LogP contribution >= 0.6 is 0 Å². The van der Waals surface area contributed by atoms with Gasteiger partial charge in [0.05, 0.1) is 13.2 Å². The Bertz CT molecular complexity index is 651. The van der Waals surface area contributed by atoms with Crippen molar-refractivity contribution in [1.29, 1.82) is 0 Å². The Balaban J connectivity index is 0.00000133. The van der Waals surface area contributed by atoms with Crippen molar-refractivity contribution in [3.8, 4) is 0 Å². The maximum absolute atomic E-state index is 6.29. The van der Waals surface area contributed by atoms with E-state index in [1.54, 1.807) is 0 Å². The Morgan fingerprint density at radius 3 is 2.18 bits per heavy atom. The van der Waals surface area contributed by atoms with Crippen LogP contribution in [0.3, 0.4) is 0 Å². The second-order valence-electron chi connectivity index (χ2n) is 13.9. The number of hydrogen-bond acceptors (Lipinski definition) is 2. The number of fused-ring (bicyclic) bond motifs is 5. The van der Waals surface area contributed by atoms with E-state index >= 15 is 0 Å². The smallest absolute Gasteiger partial charge is 0.168 e. The molecule has 2 heteroatoms. The Labute approximate surface area is 212 Å². The fourth-order valence-electron chi connectivity index (χ4n) is 10.1. The molecule has 0 radical (unpaired) electrons. The minimum atomic E-state index is -0.220. The zero-order chi connectivity index (χ0) is 24.6. The van der Waals surface area contributed by atoms with Gasteiger partial charge >= 0.3 is 0 Å². The molecule has 0 amide bonds. The van der Waals surface area contributed by atoms with Gasteiger partial charge in [0.2, 0.25) is 0 Å². The van der Waals surface area contributed by atoms with Crippen molar-refractivity contribution in [2.75, 3.05) is 13.2 Å². The van der Waals surface area contributed by atoms with Crippen molar-refractivity contribution in [3.05, 3.63) is 0 Å². The van der Waals surface area contributed by atoms with Gasteiger partial charge in [-0.15, -0.1) is 0 Å². The molecule has 5 fully saturated rings. The molecular formula is C32H58O2. The van der Waals surface area contributed by atoms with Gasteiger partial charge in [0.25, 0.3) is 0 Å². The van der Waals surface area contributed by atoms with Gasteiger partial charge in [-0.25, -0.2) is 0 Å². The number of hydrogen-bond donors (Lipinski definition) is 0. The summed E-state index contributed by atoms with van der Waals surface area (Å²) in [6.45, 7) is 18.6. The van der Waals surface area contributed by atoms with E-state index < -0.39 is 0 Å².